The lowest BCUT2D eigenvalue weighted by atomic mass is 9.67. The Labute approximate surface area is 299 Å². The first-order valence-electron chi connectivity index (χ1n) is 17.6. The van der Waals surface area contributed by atoms with Crippen molar-refractivity contribution in [2.75, 3.05) is 26.2 Å². The third kappa shape index (κ3) is 7.64. The number of carboxylic acid groups (broad SMARTS) is 1. The molecule has 4 aliphatic rings. The van der Waals surface area contributed by atoms with E-state index in [9.17, 15) is 22.8 Å². The summed E-state index contributed by atoms with van der Waals surface area (Å²) in [6.07, 6.45) is 3.22. The summed E-state index contributed by atoms with van der Waals surface area (Å²) in [6, 6.07) is 27.4. The predicted octanol–water partition coefficient (Wildman–Crippen LogP) is 5.19. The zero-order valence-electron chi connectivity index (χ0n) is 27.9. The number of carbonyl (C=O) groups excluding carboxylic acids is 3. The van der Waals surface area contributed by atoms with Crippen LogP contribution in [0.5, 0.6) is 0 Å². The molecule has 3 heterocycles. The predicted molar refractivity (Wildman–Crippen MR) is 184 cm³/mol. The van der Waals surface area contributed by atoms with Gasteiger partial charge in [-0.05, 0) is 78.5 Å². The number of benzene rings is 3. The minimum atomic E-state index is -5.19. The van der Waals surface area contributed by atoms with Gasteiger partial charge in [-0.2, -0.15) is 13.2 Å². The van der Waals surface area contributed by atoms with Crippen LogP contribution in [-0.4, -0.2) is 66.0 Å². The second-order valence-corrected chi connectivity index (χ2v) is 15.1. The summed E-state index contributed by atoms with van der Waals surface area (Å²) >= 11 is 3.69. The molecule has 4 atom stereocenters. The molecule has 1 aliphatic carbocycles. The minimum Gasteiger partial charge on any atom is -0.542 e. The number of alkyl halides is 3. The van der Waals surface area contributed by atoms with Gasteiger partial charge in [0.1, 0.15) is 11.9 Å². The Bertz CT molecular complexity index is 1670. The fourth-order valence-corrected chi connectivity index (χ4v) is 9.33. The number of amides is 2. The fraction of sp³-hybridized carbons (Fsp3) is 0.462. The van der Waals surface area contributed by atoms with Gasteiger partial charge < -0.3 is 25.0 Å². The maximum Gasteiger partial charge on any atom is 0.430 e. The van der Waals surface area contributed by atoms with Crippen molar-refractivity contribution in [1.29, 1.82) is 0 Å². The van der Waals surface area contributed by atoms with Crippen molar-refractivity contribution in [2.45, 2.75) is 75.0 Å². The third-order valence-electron chi connectivity index (χ3n) is 11.2. The van der Waals surface area contributed by atoms with Crippen LogP contribution in [0.2, 0.25) is 0 Å². The topological polar surface area (TPSA) is 97.4 Å². The number of nitrogens with two attached hydrogens (primary N) is 1. The van der Waals surface area contributed by atoms with Crippen molar-refractivity contribution >= 4 is 33.7 Å². The molecule has 3 fully saturated rings. The number of aliphatic carboxylic acids is 1. The molecule has 0 radical (unpaired) electrons. The highest BCUT2D eigenvalue weighted by Crippen LogP contribution is 2.45. The second kappa shape index (κ2) is 15.3. The van der Waals surface area contributed by atoms with Gasteiger partial charge in [-0.1, -0.05) is 89.8 Å². The highest BCUT2D eigenvalue weighted by molar-refractivity contribution is 9.10. The van der Waals surface area contributed by atoms with Crippen molar-refractivity contribution in [3.8, 4) is 0 Å². The normalized spacial score (nSPS) is 25.4. The van der Waals surface area contributed by atoms with E-state index < -0.39 is 17.6 Å². The zero-order chi connectivity index (χ0) is 35.5. The molecule has 3 aromatic rings. The van der Waals surface area contributed by atoms with Crippen molar-refractivity contribution in [2.24, 2.45) is 11.8 Å². The number of hydrogen-bond donors (Lipinski definition) is 1. The SMILES string of the molecule is O=C([O-])C(F)(F)F.O=C(c1ccccc1)N1Cc2cc(Br)ccc2[C@@]2(C[NH2+]C[C@H]2C(=O)N2CC[C@@H](c3ccccc3)C[C@H]2C2CCCCC2)C1. The monoisotopic (exact) mass is 753 g/mol. The molecule has 7 rings (SSSR count). The van der Waals surface area contributed by atoms with Gasteiger partial charge in [0.15, 0.2) is 0 Å². The van der Waals surface area contributed by atoms with Crippen LogP contribution < -0.4 is 10.4 Å². The van der Waals surface area contributed by atoms with Crippen molar-refractivity contribution in [1.82, 2.24) is 9.80 Å². The van der Waals surface area contributed by atoms with Crippen molar-refractivity contribution in [3.05, 3.63) is 106 Å². The second-order valence-electron chi connectivity index (χ2n) is 14.2. The average molecular weight is 755 g/mol. The van der Waals surface area contributed by atoms with Gasteiger partial charge in [0.2, 0.25) is 5.91 Å². The van der Waals surface area contributed by atoms with Crippen LogP contribution in [-0.2, 0) is 21.5 Å². The Hall–Kier alpha value is -3.70. The number of rotatable bonds is 4. The van der Waals surface area contributed by atoms with E-state index in [1.807, 2.05) is 35.2 Å². The van der Waals surface area contributed by atoms with Crippen LogP contribution in [0.3, 0.4) is 0 Å². The number of carbonyl (C=O) groups is 3. The molecule has 0 unspecified atom stereocenters. The van der Waals surface area contributed by atoms with E-state index in [4.69, 9.17) is 9.90 Å². The highest BCUT2D eigenvalue weighted by atomic mass is 79.9. The molecular weight excluding hydrogens is 711 g/mol. The largest absolute Gasteiger partial charge is 0.542 e. The number of hydrogen-bond acceptors (Lipinski definition) is 4. The average Bonchev–Trinajstić information content (AvgIpc) is 3.54. The maximum absolute atomic E-state index is 15.0. The first-order chi connectivity index (χ1) is 24.0. The zero-order valence-corrected chi connectivity index (χ0v) is 29.5. The molecule has 266 valence electrons. The standard InChI is InChI=1S/C37H42BrN3O2.C2HF3O2/c38-31-16-17-32-30(20-31)23-40(35(42)28-14-8-3-9-15-28)25-37(32)24-39-22-33(37)36(43)41-19-18-29(26-10-4-1-5-11-26)21-34(41)27-12-6-2-7-13-27;3-2(4,5)1(6)7/h1,3-5,8-11,14-17,20,27,29,33-34,39H,2,6-7,12-13,18-19,21-25H2;(H,6,7)/t29-,33+,34+,37-;/m1./s1. The Balaban J connectivity index is 0.000000561. The van der Waals surface area contributed by atoms with E-state index in [2.05, 4.69) is 74.7 Å². The summed E-state index contributed by atoms with van der Waals surface area (Å²) < 4.78 is 32.6. The van der Waals surface area contributed by atoms with Crippen LogP contribution in [0.4, 0.5) is 13.2 Å². The lowest BCUT2D eigenvalue weighted by molar-refractivity contribution is -0.640. The summed E-state index contributed by atoms with van der Waals surface area (Å²) in [6.45, 7) is 3.57. The molecule has 3 aliphatic heterocycles. The Morgan fingerprint density at radius 3 is 2.22 bits per heavy atom. The van der Waals surface area contributed by atoms with Gasteiger partial charge in [-0.15, -0.1) is 0 Å². The molecule has 50 heavy (non-hydrogen) atoms. The lowest BCUT2D eigenvalue weighted by Gasteiger charge is -2.48. The first kappa shape index (κ1) is 36.1. The van der Waals surface area contributed by atoms with Gasteiger partial charge in [-0.3, -0.25) is 9.59 Å². The van der Waals surface area contributed by atoms with Crippen molar-refractivity contribution < 1.29 is 38.0 Å². The number of nitrogens with zero attached hydrogens (tertiary/aromatic N) is 2. The van der Waals surface area contributed by atoms with Crippen LogP contribution >= 0.6 is 15.9 Å². The number of carboxylic acids is 1. The van der Waals surface area contributed by atoms with Gasteiger partial charge in [-0.25, -0.2) is 0 Å². The first-order valence-corrected chi connectivity index (χ1v) is 18.4. The number of likely N-dealkylation sites (tertiary alicyclic amines) is 1. The van der Waals surface area contributed by atoms with Gasteiger partial charge >= 0.3 is 6.18 Å². The van der Waals surface area contributed by atoms with Crippen LogP contribution in [0.15, 0.2) is 83.3 Å². The quantitative estimate of drug-likeness (QED) is 0.397. The lowest BCUT2D eigenvalue weighted by Crippen LogP contribution is -2.83. The molecule has 2 saturated heterocycles. The number of piperidine rings is 1. The van der Waals surface area contributed by atoms with Gasteiger partial charge in [0.05, 0.1) is 18.5 Å². The van der Waals surface area contributed by atoms with E-state index in [1.165, 1.54) is 43.2 Å². The van der Waals surface area contributed by atoms with Crippen molar-refractivity contribution in [3.63, 3.8) is 0 Å². The summed E-state index contributed by atoms with van der Waals surface area (Å²) in [5, 5.41) is 11.1. The molecule has 0 bridgehead atoms. The third-order valence-corrected chi connectivity index (χ3v) is 11.7. The number of fused-ring (bicyclic) bond motifs is 2. The summed E-state index contributed by atoms with van der Waals surface area (Å²) in [5.74, 6) is -1.71. The maximum atomic E-state index is 15.0. The smallest absolute Gasteiger partial charge is 0.430 e. The minimum absolute atomic E-state index is 0.0486. The number of halogens is 4. The Morgan fingerprint density at radius 2 is 1.56 bits per heavy atom. The summed E-state index contributed by atoms with van der Waals surface area (Å²) in [5.41, 5.74) is 4.14. The van der Waals surface area contributed by atoms with E-state index in [0.29, 0.717) is 42.4 Å². The van der Waals surface area contributed by atoms with Gasteiger partial charge in [0, 0.05) is 35.7 Å². The molecule has 2 amide bonds. The van der Waals surface area contributed by atoms with Gasteiger partial charge in [0.25, 0.3) is 5.91 Å². The molecule has 7 nitrogen and oxygen atoms in total. The summed E-state index contributed by atoms with van der Waals surface area (Å²) in [7, 11) is 0. The molecule has 11 heteroatoms. The molecule has 0 aromatic heterocycles. The Morgan fingerprint density at radius 1 is 0.900 bits per heavy atom. The Kier molecular flexibility index (Phi) is 11.0. The van der Waals surface area contributed by atoms with E-state index in [0.717, 1.165) is 42.5 Å². The van der Waals surface area contributed by atoms with E-state index in [-0.39, 0.29) is 11.8 Å². The molecular formula is C39H43BrF3N3O4. The van der Waals surface area contributed by atoms with Crippen LogP contribution in [0, 0.1) is 11.8 Å². The molecule has 2 N–H and O–H groups in total. The van der Waals surface area contributed by atoms with Crippen LogP contribution in [0.25, 0.3) is 0 Å². The van der Waals surface area contributed by atoms with E-state index >= 15 is 0 Å². The molecule has 1 saturated carbocycles. The van der Waals surface area contributed by atoms with Crippen LogP contribution in [0.1, 0.15) is 77.9 Å². The molecule has 1 spiro atoms. The van der Waals surface area contributed by atoms with E-state index in [1.54, 1.807) is 0 Å². The molecule has 3 aromatic carbocycles. The number of quaternary nitrogens is 1. The fourth-order valence-electron chi connectivity index (χ4n) is 8.92. The highest BCUT2D eigenvalue weighted by Gasteiger charge is 2.57. The summed E-state index contributed by atoms with van der Waals surface area (Å²) in [4.78, 5) is 42.0.